The summed E-state index contributed by atoms with van der Waals surface area (Å²) in [4.78, 5) is 23.0. The molecule has 0 saturated carbocycles. The summed E-state index contributed by atoms with van der Waals surface area (Å²) in [6.07, 6.45) is 0. The number of carbonyl (C=O) groups is 1. The number of nitrogens with zero attached hydrogens (tertiary/aromatic N) is 5. The van der Waals surface area contributed by atoms with Crippen LogP contribution in [0.15, 0.2) is 18.2 Å². The number of hydrogen-bond donors (Lipinski definition) is 1. The van der Waals surface area contributed by atoms with Crippen LogP contribution in [-0.2, 0) is 13.1 Å². The van der Waals surface area contributed by atoms with E-state index in [1.54, 1.807) is 4.90 Å². The maximum absolute atomic E-state index is 12.2. The maximum atomic E-state index is 12.2. The zero-order chi connectivity index (χ0) is 17.7. The van der Waals surface area contributed by atoms with Gasteiger partial charge in [-0.3, -0.25) is 9.48 Å². The third-order valence-electron chi connectivity index (χ3n) is 4.52. The number of amides is 1. The molecule has 7 nitrogen and oxygen atoms in total. The number of hydrogen-bond acceptors (Lipinski definition) is 5. The first-order valence-electron chi connectivity index (χ1n) is 8.35. The minimum atomic E-state index is 0.0529. The number of carbonyl (C=O) groups excluding carboxylic acids is 1. The molecule has 2 aromatic heterocycles. The Bertz CT molecular complexity index is 1010. The highest BCUT2D eigenvalue weighted by molar-refractivity contribution is 5.99. The van der Waals surface area contributed by atoms with Crippen molar-refractivity contribution < 1.29 is 4.79 Å². The van der Waals surface area contributed by atoms with E-state index >= 15 is 0 Å². The van der Waals surface area contributed by atoms with Gasteiger partial charge in [-0.1, -0.05) is 6.07 Å². The Kier molecular flexibility index (Phi) is 3.45. The second-order valence-electron chi connectivity index (χ2n) is 6.38. The van der Waals surface area contributed by atoms with Crippen molar-refractivity contribution in [3.63, 3.8) is 0 Å². The molecule has 4 rings (SSSR count). The molecule has 1 aromatic carbocycles. The molecule has 0 unspecified atom stereocenters. The summed E-state index contributed by atoms with van der Waals surface area (Å²) in [6, 6.07) is 5.87. The number of aromatic nitrogens is 4. The average molecular weight is 336 g/mol. The Morgan fingerprint density at radius 2 is 2.04 bits per heavy atom. The maximum Gasteiger partial charge on any atom is 0.254 e. The van der Waals surface area contributed by atoms with Crippen LogP contribution in [0.25, 0.3) is 11.0 Å². The van der Waals surface area contributed by atoms with Crippen molar-refractivity contribution in [3.8, 4) is 0 Å². The molecule has 1 amide bonds. The second kappa shape index (κ2) is 5.54. The van der Waals surface area contributed by atoms with Crippen LogP contribution in [0.5, 0.6) is 0 Å². The fraction of sp³-hybridized carbons (Fsp3) is 0.333. The lowest BCUT2D eigenvalue weighted by molar-refractivity contribution is 0.0816. The molecule has 0 atom stereocenters. The Morgan fingerprint density at radius 1 is 1.24 bits per heavy atom. The minimum Gasteiger partial charge on any atom is -0.338 e. The first-order chi connectivity index (χ1) is 12.0. The van der Waals surface area contributed by atoms with Gasteiger partial charge in [0.1, 0.15) is 16.9 Å². The zero-order valence-electron chi connectivity index (χ0n) is 14.8. The van der Waals surface area contributed by atoms with Crippen molar-refractivity contribution in [1.82, 2.24) is 24.6 Å². The summed E-state index contributed by atoms with van der Waals surface area (Å²) in [5.41, 5.74) is 5.26. The summed E-state index contributed by atoms with van der Waals surface area (Å²) in [6.45, 7) is 7.26. The first kappa shape index (κ1) is 15.6. The topological polar surface area (TPSA) is 75.9 Å². The van der Waals surface area contributed by atoms with Crippen LogP contribution in [0.1, 0.15) is 34.4 Å². The highest BCUT2D eigenvalue weighted by Gasteiger charge is 2.24. The smallest absolute Gasteiger partial charge is 0.254 e. The number of rotatable bonds is 3. The lowest BCUT2D eigenvalue weighted by Crippen LogP contribution is -2.17. The van der Waals surface area contributed by atoms with Crippen molar-refractivity contribution in [3.05, 3.63) is 40.8 Å². The molecule has 1 aliphatic rings. The van der Waals surface area contributed by atoms with E-state index in [1.165, 1.54) is 0 Å². The van der Waals surface area contributed by atoms with Gasteiger partial charge in [0.2, 0.25) is 0 Å². The summed E-state index contributed by atoms with van der Waals surface area (Å²) < 4.78 is 1.90. The van der Waals surface area contributed by atoms with Gasteiger partial charge in [-0.05, 0) is 38.5 Å². The third kappa shape index (κ3) is 2.43. The van der Waals surface area contributed by atoms with E-state index in [9.17, 15) is 4.79 Å². The molecule has 1 aliphatic heterocycles. The quantitative estimate of drug-likeness (QED) is 0.796. The Hall–Kier alpha value is -2.96. The first-order valence-corrected chi connectivity index (χ1v) is 8.35. The van der Waals surface area contributed by atoms with Gasteiger partial charge in [-0.15, -0.1) is 0 Å². The summed E-state index contributed by atoms with van der Waals surface area (Å²) in [5.74, 6) is 1.45. The van der Waals surface area contributed by atoms with Crippen LogP contribution in [0.2, 0.25) is 0 Å². The molecule has 0 fully saturated rings. The third-order valence-corrected chi connectivity index (χ3v) is 4.52. The normalized spacial score (nSPS) is 13.6. The standard InChI is InChI=1S/C18H20N6O/c1-5-24-16-15(10(2)22-24)19-11(3)20-17(16)21-13-7-6-12-9-23(4)18(25)14(12)8-13/h6-8H,5,9H2,1-4H3,(H,19,20,21). The van der Waals surface area contributed by atoms with Crippen LogP contribution in [-0.4, -0.2) is 37.6 Å². The van der Waals surface area contributed by atoms with Crippen molar-refractivity contribution in [2.45, 2.75) is 33.9 Å². The van der Waals surface area contributed by atoms with Crippen molar-refractivity contribution in [1.29, 1.82) is 0 Å². The fourth-order valence-electron chi connectivity index (χ4n) is 3.32. The summed E-state index contributed by atoms with van der Waals surface area (Å²) in [5, 5.41) is 7.90. The van der Waals surface area contributed by atoms with Crippen LogP contribution in [0.3, 0.4) is 0 Å². The molecule has 0 spiro atoms. The number of nitrogens with one attached hydrogen (secondary N) is 1. The van der Waals surface area contributed by atoms with Crippen LogP contribution < -0.4 is 5.32 Å². The molecule has 25 heavy (non-hydrogen) atoms. The number of aryl methyl sites for hydroxylation is 3. The predicted octanol–water partition coefficient (Wildman–Crippen LogP) is 2.79. The summed E-state index contributed by atoms with van der Waals surface area (Å²) in [7, 11) is 1.81. The van der Waals surface area contributed by atoms with E-state index in [0.717, 1.165) is 40.1 Å². The van der Waals surface area contributed by atoms with Crippen LogP contribution >= 0.6 is 0 Å². The number of benzene rings is 1. The SMILES string of the molecule is CCn1nc(C)c2nc(C)nc(Nc3ccc4c(c3)C(=O)N(C)C4)c21. The van der Waals surface area contributed by atoms with Gasteiger partial charge in [0, 0.05) is 31.4 Å². The van der Waals surface area contributed by atoms with Crippen molar-refractivity contribution in [2.75, 3.05) is 12.4 Å². The fourth-order valence-corrected chi connectivity index (χ4v) is 3.32. The number of anilines is 2. The van der Waals surface area contributed by atoms with E-state index in [0.29, 0.717) is 18.2 Å². The minimum absolute atomic E-state index is 0.0529. The lowest BCUT2D eigenvalue weighted by atomic mass is 10.1. The van der Waals surface area contributed by atoms with Crippen molar-refractivity contribution in [2.24, 2.45) is 0 Å². The van der Waals surface area contributed by atoms with Gasteiger partial charge in [-0.25, -0.2) is 9.97 Å². The zero-order valence-corrected chi connectivity index (χ0v) is 14.8. The van der Waals surface area contributed by atoms with Gasteiger partial charge >= 0.3 is 0 Å². The molecule has 7 heteroatoms. The molecular formula is C18H20N6O. The summed E-state index contributed by atoms with van der Waals surface area (Å²) >= 11 is 0. The predicted molar refractivity (Wildman–Crippen MR) is 96.0 cm³/mol. The second-order valence-corrected chi connectivity index (χ2v) is 6.38. The monoisotopic (exact) mass is 336 g/mol. The molecule has 128 valence electrons. The van der Waals surface area contributed by atoms with Gasteiger partial charge in [0.15, 0.2) is 5.82 Å². The number of fused-ring (bicyclic) bond motifs is 2. The van der Waals surface area contributed by atoms with Crippen molar-refractivity contribution >= 4 is 28.4 Å². The Balaban J connectivity index is 1.81. The van der Waals surface area contributed by atoms with Crippen LogP contribution in [0.4, 0.5) is 11.5 Å². The van der Waals surface area contributed by atoms with E-state index in [-0.39, 0.29) is 5.91 Å². The molecule has 0 bridgehead atoms. The Labute approximate surface area is 145 Å². The van der Waals surface area contributed by atoms with Gasteiger partial charge in [0.05, 0.1) is 5.69 Å². The van der Waals surface area contributed by atoms with E-state index in [4.69, 9.17) is 0 Å². The molecule has 0 radical (unpaired) electrons. The van der Waals surface area contributed by atoms with Gasteiger partial charge < -0.3 is 10.2 Å². The lowest BCUT2D eigenvalue weighted by Gasteiger charge is -2.10. The molecule has 3 heterocycles. The van der Waals surface area contributed by atoms with E-state index in [2.05, 4.69) is 20.4 Å². The van der Waals surface area contributed by atoms with Crippen LogP contribution in [0, 0.1) is 13.8 Å². The molecule has 1 N–H and O–H groups in total. The van der Waals surface area contributed by atoms with E-state index in [1.807, 2.05) is 50.7 Å². The van der Waals surface area contributed by atoms with Gasteiger partial charge in [0.25, 0.3) is 5.91 Å². The Morgan fingerprint density at radius 3 is 2.80 bits per heavy atom. The average Bonchev–Trinajstić information content (AvgIpc) is 3.05. The van der Waals surface area contributed by atoms with E-state index < -0.39 is 0 Å². The largest absolute Gasteiger partial charge is 0.338 e. The molecule has 3 aromatic rings. The highest BCUT2D eigenvalue weighted by Crippen LogP contribution is 2.29. The molecular weight excluding hydrogens is 316 g/mol. The molecule has 0 aliphatic carbocycles. The highest BCUT2D eigenvalue weighted by atomic mass is 16.2. The van der Waals surface area contributed by atoms with Gasteiger partial charge in [-0.2, -0.15) is 5.10 Å². The molecule has 0 saturated heterocycles.